The van der Waals surface area contributed by atoms with E-state index in [1.54, 1.807) is 36.1 Å². The van der Waals surface area contributed by atoms with E-state index >= 15 is 0 Å². The minimum atomic E-state index is 0.174. The van der Waals surface area contributed by atoms with Crippen LogP contribution in [-0.2, 0) is 13.2 Å². The maximum absolute atomic E-state index is 6.55. The van der Waals surface area contributed by atoms with E-state index in [-0.39, 0.29) is 6.61 Å². The standard InChI is InChI=1S/C23H19Cl3N4O2S/c1-31-20-10-15(12-27-30-22(28-29-23(30)33)14-6-3-2-4-7-14)19(26)11-21(20)32-13-16-17(24)8-5-9-18(16)25/h2-11,27H,12-13H2,1H3,(H,29,33). The lowest BCUT2D eigenvalue weighted by molar-refractivity contribution is 0.284. The molecule has 4 aromatic rings. The number of H-pyrrole nitrogens is 1. The van der Waals surface area contributed by atoms with Crippen LogP contribution in [0.15, 0.2) is 60.7 Å². The number of nitrogens with one attached hydrogen (secondary N) is 2. The van der Waals surface area contributed by atoms with E-state index in [1.807, 2.05) is 36.4 Å². The Labute approximate surface area is 211 Å². The van der Waals surface area contributed by atoms with Crippen LogP contribution in [-0.4, -0.2) is 22.0 Å². The van der Waals surface area contributed by atoms with E-state index in [4.69, 9.17) is 56.5 Å². The number of halogens is 3. The monoisotopic (exact) mass is 520 g/mol. The van der Waals surface area contributed by atoms with Crippen LogP contribution in [0, 0.1) is 4.77 Å². The summed E-state index contributed by atoms with van der Waals surface area (Å²) in [5, 5.41) is 8.69. The van der Waals surface area contributed by atoms with E-state index < -0.39 is 0 Å². The zero-order chi connectivity index (χ0) is 23.4. The average molecular weight is 522 g/mol. The zero-order valence-corrected chi connectivity index (χ0v) is 20.5. The second-order valence-corrected chi connectivity index (χ2v) is 8.58. The van der Waals surface area contributed by atoms with Crippen molar-refractivity contribution in [3.05, 3.63) is 91.6 Å². The number of methoxy groups -OCH3 is 1. The molecule has 170 valence electrons. The highest BCUT2D eigenvalue weighted by Crippen LogP contribution is 2.35. The molecule has 3 aromatic carbocycles. The van der Waals surface area contributed by atoms with Crippen molar-refractivity contribution >= 4 is 47.0 Å². The van der Waals surface area contributed by atoms with Crippen molar-refractivity contribution in [3.8, 4) is 22.9 Å². The Kier molecular flexibility index (Phi) is 7.45. The minimum Gasteiger partial charge on any atom is -0.493 e. The third-order valence-electron chi connectivity index (χ3n) is 4.90. The number of ether oxygens (including phenoxy) is 2. The molecule has 0 fully saturated rings. The summed E-state index contributed by atoms with van der Waals surface area (Å²) in [7, 11) is 1.56. The van der Waals surface area contributed by atoms with E-state index in [1.165, 1.54) is 0 Å². The Morgan fingerprint density at radius 2 is 1.70 bits per heavy atom. The SMILES string of the molecule is COc1cc(CNn2c(-c3ccccc3)n[nH]c2=S)c(Cl)cc1OCc1c(Cl)cccc1Cl. The molecule has 0 amide bonds. The van der Waals surface area contributed by atoms with Gasteiger partial charge in [-0.15, -0.1) is 0 Å². The first-order valence-corrected chi connectivity index (χ1v) is 11.4. The molecule has 0 spiro atoms. The van der Waals surface area contributed by atoms with Gasteiger partial charge in [-0.1, -0.05) is 71.2 Å². The first kappa shape index (κ1) is 23.4. The Morgan fingerprint density at radius 1 is 0.970 bits per heavy atom. The molecule has 0 aliphatic rings. The van der Waals surface area contributed by atoms with Crippen LogP contribution in [0.25, 0.3) is 11.4 Å². The van der Waals surface area contributed by atoms with Gasteiger partial charge in [0.2, 0.25) is 4.77 Å². The van der Waals surface area contributed by atoms with Crippen LogP contribution in [0.2, 0.25) is 15.1 Å². The van der Waals surface area contributed by atoms with E-state index in [0.29, 0.717) is 49.3 Å². The van der Waals surface area contributed by atoms with Crippen molar-refractivity contribution < 1.29 is 9.47 Å². The molecule has 1 heterocycles. The normalized spacial score (nSPS) is 10.8. The number of aromatic amines is 1. The molecule has 0 atom stereocenters. The Balaban J connectivity index is 1.54. The predicted molar refractivity (Wildman–Crippen MR) is 135 cm³/mol. The van der Waals surface area contributed by atoms with Gasteiger partial charge in [-0.05, 0) is 36.0 Å². The lowest BCUT2D eigenvalue weighted by atomic mass is 10.2. The lowest BCUT2D eigenvalue weighted by Crippen LogP contribution is -2.16. The molecule has 6 nitrogen and oxygen atoms in total. The second-order valence-electron chi connectivity index (χ2n) is 6.97. The van der Waals surface area contributed by atoms with Crippen LogP contribution in [0.3, 0.4) is 0 Å². The molecule has 0 saturated heterocycles. The highest BCUT2D eigenvalue weighted by Gasteiger charge is 2.14. The van der Waals surface area contributed by atoms with Crippen molar-refractivity contribution in [2.45, 2.75) is 13.2 Å². The summed E-state index contributed by atoms with van der Waals surface area (Å²) in [5.41, 5.74) is 5.66. The van der Waals surface area contributed by atoms with Crippen molar-refractivity contribution in [2.24, 2.45) is 0 Å². The Hall–Kier alpha value is -2.71. The van der Waals surface area contributed by atoms with Gasteiger partial charge in [0, 0.05) is 32.3 Å². The molecule has 0 aliphatic heterocycles. The molecule has 2 N–H and O–H groups in total. The molecular weight excluding hydrogens is 503 g/mol. The van der Waals surface area contributed by atoms with Crippen molar-refractivity contribution in [2.75, 3.05) is 12.5 Å². The molecule has 1 aromatic heterocycles. The van der Waals surface area contributed by atoms with E-state index in [0.717, 1.165) is 11.1 Å². The number of hydrogen-bond acceptors (Lipinski definition) is 5. The Bertz CT molecular complexity index is 1310. The van der Waals surface area contributed by atoms with Crippen LogP contribution in [0.4, 0.5) is 0 Å². The summed E-state index contributed by atoms with van der Waals surface area (Å²) < 4.78 is 13.6. The average Bonchev–Trinajstić information content (AvgIpc) is 3.19. The quantitative estimate of drug-likeness (QED) is 0.247. The molecule has 0 aliphatic carbocycles. The molecule has 10 heteroatoms. The summed E-state index contributed by atoms with van der Waals surface area (Å²) in [6.07, 6.45) is 0. The summed E-state index contributed by atoms with van der Waals surface area (Å²) in [6.45, 7) is 0.549. The number of benzene rings is 3. The first-order valence-electron chi connectivity index (χ1n) is 9.86. The van der Waals surface area contributed by atoms with Gasteiger partial charge in [0.25, 0.3) is 0 Å². The molecule has 0 bridgehead atoms. The fourth-order valence-electron chi connectivity index (χ4n) is 3.19. The highest BCUT2D eigenvalue weighted by molar-refractivity contribution is 7.71. The number of hydrogen-bond donors (Lipinski definition) is 2. The topological polar surface area (TPSA) is 64.1 Å². The Morgan fingerprint density at radius 3 is 2.39 bits per heavy atom. The van der Waals surface area contributed by atoms with Gasteiger partial charge in [0.15, 0.2) is 17.3 Å². The van der Waals surface area contributed by atoms with Gasteiger partial charge in [-0.25, -0.2) is 9.77 Å². The molecule has 0 saturated carbocycles. The van der Waals surface area contributed by atoms with Crippen LogP contribution in [0.1, 0.15) is 11.1 Å². The maximum Gasteiger partial charge on any atom is 0.214 e. The van der Waals surface area contributed by atoms with E-state index in [9.17, 15) is 0 Å². The number of rotatable bonds is 8. The third-order valence-corrected chi connectivity index (χ3v) is 6.23. The largest absolute Gasteiger partial charge is 0.493 e. The molecular formula is C23H19Cl3N4O2S. The number of nitrogens with zero attached hydrogens (tertiary/aromatic N) is 2. The zero-order valence-electron chi connectivity index (χ0n) is 17.4. The van der Waals surface area contributed by atoms with Crippen molar-refractivity contribution in [3.63, 3.8) is 0 Å². The predicted octanol–water partition coefficient (Wildman–Crippen LogP) is 6.90. The summed E-state index contributed by atoms with van der Waals surface area (Å²) >= 11 is 24.4. The van der Waals surface area contributed by atoms with Gasteiger partial charge < -0.3 is 14.9 Å². The highest BCUT2D eigenvalue weighted by atomic mass is 35.5. The van der Waals surface area contributed by atoms with Gasteiger partial charge in [-0.2, -0.15) is 5.10 Å². The molecule has 0 radical (unpaired) electrons. The van der Waals surface area contributed by atoms with Crippen LogP contribution >= 0.6 is 47.0 Å². The van der Waals surface area contributed by atoms with E-state index in [2.05, 4.69) is 15.6 Å². The summed E-state index contributed by atoms with van der Waals surface area (Å²) in [5.74, 6) is 1.67. The fourth-order valence-corrected chi connectivity index (χ4v) is 4.12. The van der Waals surface area contributed by atoms with Gasteiger partial charge in [0.1, 0.15) is 6.61 Å². The number of aromatic nitrogens is 3. The van der Waals surface area contributed by atoms with Crippen molar-refractivity contribution in [1.29, 1.82) is 0 Å². The molecule has 33 heavy (non-hydrogen) atoms. The van der Waals surface area contributed by atoms with Crippen molar-refractivity contribution in [1.82, 2.24) is 14.9 Å². The maximum atomic E-state index is 6.55. The van der Waals surface area contributed by atoms with Gasteiger partial charge in [0.05, 0.1) is 13.7 Å². The smallest absolute Gasteiger partial charge is 0.214 e. The van der Waals surface area contributed by atoms with Gasteiger partial charge in [-0.3, -0.25) is 0 Å². The van der Waals surface area contributed by atoms with Crippen LogP contribution < -0.4 is 14.9 Å². The second kappa shape index (κ2) is 10.5. The first-order chi connectivity index (χ1) is 16.0. The minimum absolute atomic E-state index is 0.174. The fraction of sp³-hybridized carbons (Fsp3) is 0.130. The molecule has 4 rings (SSSR count). The van der Waals surface area contributed by atoms with Gasteiger partial charge >= 0.3 is 0 Å². The summed E-state index contributed by atoms with van der Waals surface area (Å²) in [6, 6.07) is 18.5. The van der Waals surface area contributed by atoms with Crippen LogP contribution in [0.5, 0.6) is 11.5 Å². The lowest BCUT2D eigenvalue weighted by Gasteiger charge is -2.16. The molecule has 0 unspecified atom stereocenters. The summed E-state index contributed by atoms with van der Waals surface area (Å²) in [4.78, 5) is 0. The third kappa shape index (κ3) is 5.28.